The van der Waals surface area contributed by atoms with Crippen LogP contribution < -0.4 is 19.7 Å². The van der Waals surface area contributed by atoms with Crippen LogP contribution >= 0.6 is 0 Å². The van der Waals surface area contributed by atoms with Crippen LogP contribution in [0.15, 0.2) is 66.7 Å². The Labute approximate surface area is 228 Å². The lowest BCUT2D eigenvalue weighted by Crippen LogP contribution is -2.45. The predicted octanol–water partition coefficient (Wildman–Crippen LogP) is 4.69. The van der Waals surface area contributed by atoms with Gasteiger partial charge in [-0.3, -0.25) is 14.5 Å². The van der Waals surface area contributed by atoms with E-state index in [9.17, 15) is 9.59 Å². The second-order valence-corrected chi connectivity index (χ2v) is 9.80. The fraction of sp³-hybridized carbons (Fsp3) is 0.333. The van der Waals surface area contributed by atoms with Gasteiger partial charge in [0.15, 0.2) is 11.5 Å². The smallest absolute Gasteiger partial charge is 0.249 e. The molecule has 2 amide bonds. The molecule has 0 fully saturated rings. The van der Waals surface area contributed by atoms with E-state index in [0.29, 0.717) is 40.7 Å². The van der Waals surface area contributed by atoms with Crippen LogP contribution in [0, 0.1) is 12.8 Å². The second kappa shape index (κ2) is 12.4. The summed E-state index contributed by atoms with van der Waals surface area (Å²) in [7, 11) is 3.06. The highest BCUT2D eigenvalue weighted by Gasteiger charge is 2.36. The van der Waals surface area contributed by atoms with Crippen LogP contribution in [0.2, 0.25) is 0 Å². The molecule has 0 unspecified atom stereocenters. The van der Waals surface area contributed by atoms with E-state index in [2.05, 4.69) is 29.5 Å². The Hall–Kier alpha value is -4.40. The third-order valence-corrected chi connectivity index (χ3v) is 6.51. The van der Waals surface area contributed by atoms with Crippen molar-refractivity contribution in [3.8, 4) is 11.5 Å². The number of aromatic nitrogens is 3. The maximum atomic E-state index is 14.2. The van der Waals surface area contributed by atoms with Crippen LogP contribution in [0.1, 0.15) is 37.4 Å². The van der Waals surface area contributed by atoms with Crippen LogP contribution in [-0.2, 0) is 16.1 Å². The highest BCUT2D eigenvalue weighted by Crippen LogP contribution is 2.39. The number of aryl methyl sites for hydroxylation is 1. The van der Waals surface area contributed by atoms with Crippen molar-refractivity contribution in [3.05, 3.63) is 77.9 Å². The highest BCUT2D eigenvalue weighted by molar-refractivity contribution is 6.02. The molecule has 0 aliphatic rings. The maximum absolute atomic E-state index is 14.2. The number of carbonyl (C=O) groups excluding carboxylic acids is 2. The summed E-state index contributed by atoms with van der Waals surface area (Å²) >= 11 is 0. The van der Waals surface area contributed by atoms with E-state index in [0.717, 1.165) is 17.5 Å². The number of benzene rings is 3. The predicted molar refractivity (Wildman–Crippen MR) is 151 cm³/mol. The average molecular weight is 530 g/mol. The first kappa shape index (κ1) is 27.6. The van der Waals surface area contributed by atoms with Gasteiger partial charge in [0.25, 0.3) is 0 Å². The summed E-state index contributed by atoms with van der Waals surface area (Å²) in [5.74, 6) is 0.616. The Bertz CT molecular complexity index is 1450. The molecule has 0 radical (unpaired) electrons. The zero-order valence-corrected chi connectivity index (χ0v) is 23.0. The lowest BCUT2D eigenvalue weighted by molar-refractivity contribution is -0.127. The molecule has 1 aromatic heterocycles. The SMILES string of the molecule is COc1cccc([C@H](C(=O)NCCC(C)C)N(C(=O)Cn2nnc3ccccc32)c2cccc(C)c2)c1OC. The summed E-state index contributed by atoms with van der Waals surface area (Å²) in [5, 5.41) is 11.4. The van der Waals surface area contributed by atoms with E-state index in [-0.39, 0.29) is 18.4 Å². The molecule has 0 saturated heterocycles. The van der Waals surface area contributed by atoms with Gasteiger partial charge in [0.05, 0.1) is 19.7 Å². The maximum Gasteiger partial charge on any atom is 0.249 e. The Balaban J connectivity index is 1.85. The number of nitrogens with one attached hydrogen (secondary N) is 1. The van der Waals surface area contributed by atoms with E-state index in [1.165, 1.54) is 12.0 Å². The zero-order chi connectivity index (χ0) is 27.9. The van der Waals surface area contributed by atoms with Gasteiger partial charge in [-0.2, -0.15) is 0 Å². The number of anilines is 1. The molecule has 1 N–H and O–H groups in total. The number of nitrogens with zero attached hydrogens (tertiary/aromatic N) is 4. The van der Waals surface area contributed by atoms with Gasteiger partial charge in [-0.25, -0.2) is 4.68 Å². The summed E-state index contributed by atoms with van der Waals surface area (Å²) < 4.78 is 12.8. The first-order chi connectivity index (χ1) is 18.8. The zero-order valence-electron chi connectivity index (χ0n) is 23.0. The normalized spacial score (nSPS) is 11.8. The van der Waals surface area contributed by atoms with E-state index < -0.39 is 6.04 Å². The molecule has 0 spiro atoms. The van der Waals surface area contributed by atoms with Gasteiger partial charge >= 0.3 is 0 Å². The Kier molecular flexibility index (Phi) is 8.81. The van der Waals surface area contributed by atoms with Crippen molar-refractivity contribution in [1.82, 2.24) is 20.3 Å². The van der Waals surface area contributed by atoms with Gasteiger partial charge in [-0.1, -0.05) is 55.5 Å². The van der Waals surface area contributed by atoms with Crippen molar-refractivity contribution in [1.29, 1.82) is 0 Å². The largest absolute Gasteiger partial charge is 0.493 e. The van der Waals surface area contributed by atoms with Gasteiger partial charge in [-0.05, 0) is 55.2 Å². The molecule has 4 aromatic rings. The number of rotatable bonds is 11. The minimum absolute atomic E-state index is 0.115. The molecule has 0 saturated carbocycles. The molecule has 204 valence electrons. The van der Waals surface area contributed by atoms with Crippen LogP contribution in [0.3, 0.4) is 0 Å². The third kappa shape index (κ3) is 6.19. The Morgan fingerprint density at radius 3 is 2.49 bits per heavy atom. The summed E-state index contributed by atoms with van der Waals surface area (Å²) in [5.41, 5.74) is 3.46. The molecule has 3 aromatic carbocycles. The van der Waals surface area contributed by atoms with Gasteiger partial charge in [-0.15, -0.1) is 5.10 Å². The average Bonchev–Trinajstić information content (AvgIpc) is 3.33. The molecule has 0 bridgehead atoms. The van der Waals surface area contributed by atoms with E-state index in [4.69, 9.17) is 9.47 Å². The topological polar surface area (TPSA) is 98.6 Å². The molecule has 9 nitrogen and oxygen atoms in total. The van der Waals surface area contributed by atoms with E-state index >= 15 is 0 Å². The molecule has 1 heterocycles. The van der Waals surface area contributed by atoms with Gasteiger partial charge in [0.2, 0.25) is 11.8 Å². The number of amides is 2. The van der Waals surface area contributed by atoms with Crippen LogP contribution in [0.4, 0.5) is 5.69 Å². The van der Waals surface area contributed by atoms with Gasteiger partial charge < -0.3 is 14.8 Å². The summed E-state index contributed by atoms with van der Waals surface area (Å²) in [4.78, 5) is 29.7. The number of fused-ring (bicyclic) bond motifs is 1. The summed E-state index contributed by atoms with van der Waals surface area (Å²) in [6, 6.07) is 19.3. The third-order valence-electron chi connectivity index (χ3n) is 6.51. The molecule has 1 atom stereocenters. The molecule has 9 heteroatoms. The molecule has 0 aliphatic heterocycles. The Morgan fingerprint density at radius 2 is 1.77 bits per heavy atom. The lowest BCUT2D eigenvalue weighted by Gasteiger charge is -2.33. The van der Waals surface area contributed by atoms with Crippen molar-refractivity contribution in [2.24, 2.45) is 5.92 Å². The van der Waals surface area contributed by atoms with Crippen LogP contribution in [-0.4, -0.2) is 47.6 Å². The van der Waals surface area contributed by atoms with Crippen molar-refractivity contribution in [3.63, 3.8) is 0 Å². The molecular formula is C30H35N5O4. The summed E-state index contributed by atoms with van der Waals surface area (Å²) in [6.07, 6.45) is 0.803. The fourth-order valence-corrected chi connectivity index (χ4v) is 4.56. The quantitative estimate of drug-likeness (QED) is 0.303. The highest BCUT2D eigenvalue weighted by atomic mass is 16.5. The number of hydrogen-bond donors (Lipinski definition) is 1. The summed E-state index contributed by atoms with van der Waals surface area (Å²) in [6.45, 7) is 6.50. The Morgan fingerprint density at radius 1 is 1.00 bits per heavy atom. The standard InChI is InChI=1S/C30H35N5O4/c1-20(2)16-17-31-30(37)28(23-12-9-15-26(38-4)29(23)39-5)35(22-11-8-10-21(3)18-22)27(36)19-34-25-14-7-6-13-24(25)32-33-34/h6-15,18,20,28H,16-17,19H2,1-5H3,(H,31,37)/t28-/m1/s1. The molecule has 4 rings (SSSR count). The van der Waals surface area contributed by atoms with Crippen molar-refractivity contribution < 1.29 is 19.1 Å². The second-order valence-electron chi connectivity index (χ2n) is 9.80. The van der Waals surface area contributed by atoms with Crippen LogP contribution in [0.5, 0.6) is 11.5 Å². The molecular weight excluding hydrogens is 494 g/mol. The molecule has 0 aliphatic carbocycles. The first-order valence-electron chi connectivity index (χ1n) is 13.0. The minimum Gasteiger partial charge on any atom is -0.493 e. The van der Waals surface area contributed by atoms with E-state index in [1.807, 2.05) is 55.5 Å². The van der Waals surface area contributed by atoms with Gasteiger partial charge in [0, 0.05) is 17.8 Å². The van der Waals surface area contributed by atoms with Gasteiger partial charge in [0.1, 0.15) is 18.1 Å². The van der Waals surface area contributed by atoms with E-state index in [1.54, 1.807) is 30.0 Å². The minimum atomic E-state index is -1.04. The van der Waals surface area contributed by atoms with Crippen molar-refractivity contribution in [2.45, 2.75) is 39.8 Å². The monoisotopic (exact) mass is 529 g/mol. The fourth-order valence-electron chi connectivity index (χ4n) is 4.56. The van der Waals surface area contributed by atoms with Crippen molar-refractivity contribution in [2.75, 3.05) is 25.7 Å². The first-order valence-corrected chi connectivity index (χ1v) is 13.0. The van der Waals surface area contributed by atoms with Crippen molar-refractivity contribution >= 4 is 28.5 Å². The lowest BCUT2D eigenvalue weighted by atomic mass is 10.00. The number of para-hydroxylation sites is 2. The molecule has 39 heavy (non-hydrogen) atoms. The number of carbonyl (C=O) groups is 2. The number of methoxy groups -OCH3 is 2. The number of ether oxygens (including phenoxy) is 2. The number of hydrogen-bond acceptors (Lipinski definition) is 6. The van der Waals surface area contributed by atoms with Crippen LogP contribution in [0.25, 0.3) is 11.0 Å².